The zero-order valence-corrected chi connectivity index (χ0v) is 11.5. The van der Waals surface area contributed by atoms with Gasteiger partial charge < -0.3 is 0 Å². The molecule has 0 radical (unpaired) electrons. The molecule has 0 amide bonds. The molecule has 1 nitrogen and oxygen atoms in total. The van der Waals surface area contributed by atoms with Crippen LogP contribution < -0.4 is 0 Å². The van der Waals surface area contributed by atoms with Gasteiger partial charge in [0.1, 0.15) is 10.0 Å². The topological polar surface area (TPSA) is 17.1 Å². The van der Waals surface area contributed by atoms with E-state index in [0.717, 1.165) is 6.42 Å². The first-order valence-electron chi connectivity index (χ1n) is 6.32. The Morgan fingerprint density at radius 1 is 0.800 bits per heavy atom. The summed E-state index contributed by atoms with van der Waals surface area (Å²) in [6, 6.07) is 0. The second-order valence-corrected chi connectivity index (χ2v) is 6.20. The summed E-state index contributed by atoms with van der Waals surface area (Å²) in [5, 5.41) is 0. The molecule has 0 heterocycles. The summed E-state index contributed by atoms with van der Waals surface area (Å²) in [6.45, 7) is 2.25. The van der Waals surface area contributed by atoms with Gasteiger partial charge in [0.15, 0.2) is 0 Å². The fourth-order valence-electron chi connectivity index (χ4n) is 1.70. The van der Waals surface area contributed by atoms with E-state index in [1.54, 1.807) is 0 Å². The van der Waals surface area contributed by atoms with Crippen LogP contribution in [0.4, 0.5) is 0 Å². The smallest absolute Gasteiger partial charge is 0.114 e. The number of unbranched alkanes of at least 4 members (excludes halogenated alkanes) is 9. The molecule has 15 heavy (non-hydrogen) atoms. The lowest BCUT2D eigenvalue weighted by molar-refractivity contribution is 0.562. The maximum absolute atomic E-state index is 10.6. The molecule has 0 aromatic carbocycles. The molecule has 0 N–H and O–H groups in total. The highest BCUT2D eigenvalue weighted by atomic mass is 35.7. The number of hydrogen-bond acceptors (Lipinski definition) is 1. The molecule has 0 saturated heterocycles. The molecule has 92 valence electrons. The van der Waals surface area contributed by atoms with E-state index >= 15 is 0 Å². The predicted octanol–water partition coefficient (Wildman–Crippen LogP) is 4.81. The third-order valence-electron chi connectivity index (χ3n) is 2.66. The van der Waals surface area contributed by atoms with E-state index in [9.17, 15) is 4.21 Å². The quantitative estimate of drug-likeness (QED) is 0.381. The van der Waals surface area contributed by atoms with Gasteiger partial charge in [-0.05, 0) is 17.1 Å². The SMILES string of the molecule is CCCCCCCCCCCCS(=O)Cl. The number of halogens is 1. The van der Waals surface area contributed by atoms with E-state index in [1.165, 1.54) is 57.8 Å². The molecule has 3 heteroatoms. The highest BCUT2D eigenvalue weighted by molar-refractivity contribution is 8.08. The third-order valence-corrected chi connectivity index (χ3v) is 3.73. The standard InChI is InChI=1S/C12H25ClOS/c1-2-3-4-5-6-7-8-9-10-11-12-15(13)14/h2-12H2,1H3. The van der Waals surface area contributed by atoms with Crippen LogP contribution in [0.2, 0.25) is 0 Å². The average molecular weight is 253 g/mol. The Morgan fingerprint density at radius 3 is 1.60 bits per heavy atom. The molecule has 1 unspecified atom stereocenters. The second-order valence-electron chi connectivity index (χ2n) is 4.18. The van der Waals surface area contributed by atoms with Gasteiger partial charge in [-0.25, -0.2) is 4.21 Å². The molecule has 0 aliphatic carbocycles. The van der Waals surface area contributed by atoms with Crippen LogP contribution >= 0.6 is 10.7 Å². The van der Waals surface area contributed by atoms with Crippen molar-refractivity contribution in [2.75, 3.05) is 5.75 Å². The summed E-state index contributed by atoms with van der Waals surface area (Å²) >= 11 is 0. The summed E-state index contributed by atoms with van der Waals surface area (Å²) in [6.07, 6.45) is 13.1. The fraction of sp³-hybridized carbons (Fsp3) is 1.00. The van der Waals surface area contributed by atoms with E-state index in [1.807, 2.05) is 0 Å². The van der Waals surface area contributed by atoms with Crippen LogP contribution in [0.1, 0.15) is 71.1 Å². The minimum absolute atomic E-state index is 0.665. The van der Waals surface area contributed by atoms with Crippen molar-refractivity contribution in [3.8, 4) is 0 Å². The van der Waals surface area contributed by atoms with E-state index in [2.05, 4.69) is 6.92 Å². The molecular weight excluding hydrogens is 228 g/mol. The second kappa shape index (κ2) is 12.5. The van der Waals surface area contributed by atoms with Crippen LogP contribution in [-0.2, 0) is 10.0 Å². The Hall–Kier alpha value is 0.440. The maximum Gasteiger partial charge on any atom is 0.114 e. The normalized spacial score (nSPS) is 12.9. The Kier molecular flexibility index (Phi) is 12.9. The zero-order valence-electron chi connectivity index (χ0n) is 9.97. The van der Waals surface area contributed by atoms with Crippen molar-refractivity contribution in [3.05, 3.63) is 0 Å². The monoisotopic (exact) mass is 252 g/mol. The first-order valence-corrected chi connectivity index (χ1v) is 8.46. The van der Waals surface area contributed by atoms with Gasteiger partial charge in [0.2, 0.25) is 0 Å². The lowest BCUT2D eigenvalue weighted by Gasteiger charge is -2.01. The molecule has 0 saturated carbocycles. The van der Waals surface area contributed by atoms with Crippen LogP contribution in [0.15, 0.2) is 0 Å². The van der Waals surface area contributed by atoms with Gasteiger partial charge in [0.25, 0.3) is 0 Å². The minimum Gasteiger partial charge on any atom is -0.243 e. The number of rotatable bonds is 11. The van der Waals surface area contributed by atoms with Crippen LogP contribution in [0.25, 0.3) is 0 Å². The van der Waals surface area contributed by atoms with Gasteiger partial charge in [0, 0.05) is 5.75 Å². The highest BCUT2D eigenvalue weighted by Crippen LogP contribution is 2.10. The highest BCUT2D eigenvalue weighted by Gasteiger charge is 1.95. The van der Waals surface area contributed by atoms with Gasteiger partial charge >= 0.3 is 0 Å². The van der Waals surface area contributed by atoms with Crippen molar-refractivity contribution in [1.82, 2.24) is 0 Å². The van der Waals surface area contributed by atoms with Crippen LogP contribution in [0.3, 0.4) is 0 Å². The molecule has 0 aliphatic heterocycles. The Labute approximate surface area is 102 Å². The Morgan fingerprint density at radius 2 is 1.20 bits per heavy atom. The largest absolute Gasteiger partial charge is 0.243 e. The molecule has 0 aromatic heterocycles. The summed E-state index contributed by atoms with van der Waals surface area (Å²) < 4.78 is 10.6. The van der Waals surface area contributed by atoms with E-state index in [0.29, 0.717) is 5.75 Å². The molecular formula is C12H25ClOS. The van der Waals surface area contributed by atoms with Gasteiger partial charge in [-0.2, -0.15) is 0 Å². The van der Waals surface area contributed by atoms with Gasteiger partial charge in [-0.1, -0.05) is 64.7 Å². The Balaban J connectivity index is 2.89. The first kappa shape index (κ1) is 15.4. The van der Waals surface area contributed by atoms with Gasteiger partial charge in [-0.3, -0.25) is 0 Å². The molecule has 0 rings (SSSR count). The Bertz CT molecular complexity index is 151. The molecule has 0 aliphatic rings. The molecule has 0 spiro atoms. The predicted molar refractivity (Wildman–Crippen MR) is 70.7 cm³/mol. The van der Waals surface area contributed by atoms with Crippen molar-refractivity contribution in [3.63, 3.8) is 0 Å². The lowest BCUT2D eigenvalue weighted by Crippen LogP contribution is -1.89. The first-order chi connectivity index (χ1) is 7.27. The fourth-order valence-corrected chi connectivity index (χ4v) is 2.46. The third kappa shape index (κ3) is 14.4. The summed E-state index contributed by atoms with van der Waals surface area (Å²) in [5.41, 5.74) is 0. The van der Waals surface area contributed by atoms with Crippen molar-refractivity contribution in [1.29, 1.82) is 0 Å². The lowest BCUT2D eigenvalue weighted by atomic mass is 10.1. The van der Waals surface area contributed by atoms with Gasteiger partial charge in [0.05, 0.1) is 0 Å². The maximum atomic E-state index is 10.6. The van der Waals surface area contributed by atoms with Crippen LogP contribution in [-0.4, -0.2) is 9.96 Å². The summed E-state index contributed by atoms with van der Waals surface area (Å²) in [4.78, 5) is 0. The minimum atomic E-state index is -1.11. The van der Waals surface area contributed by atoms with Crippen LogP contribution in [0.5, 0.6) is 0 Å². The van der Waals surface area contributed by atoms with Crippen molar-refractivity contribution in [2.24, 2.45) is 0 Å². The average Bonchev–Trinajstić information content (AvgIpc) is 2.20. The van der Waals surface area contributed by atoms with Gasteiger partial charge in [-0.15, -0.1) is 0 Å². The molecule has 1 atom stereocenters. The van der Waals surface area contributed by atoms with E-state index in [4.69, 9.17) is 10.7 Å². The van der Waals surface area contributed by atoms with Crippen molar-refractivity contribution in [2.45, 2.75) is 71.1 Å². The molecule has 0 aromatic rings. The van der Waals surface area contributed by atoms with E-state index in [-0.39, 0.29) is 0 Å². The van der Waals surface area contributed by atoms with Crippen molar-refractivity contribution >= 4 is 20.7 Å². The zero-order chi connectivity index (χ0) is 11.4. The van der Waals surface area contributed by atoms with Crippen LogP contribution in [0, 0.1) is 0 Å². The molecule has 0 fully saturated rings. The van der Waals surface area contributed by atoms with Crippen molar-refractivity contribution < 1.29 is 4.21 Å². The molecule has 0 bridgehead atoms. The van der Waals surface area contributed by atoms with E-state index < -0.39 is 10.0 Å². The summed E-state index contributed by atoms with van der Waals surface area (Å²) in [7, 11) is 4.26. The summed E-state index contributed by atoms with van der Waals surface area (Å²) in [5.74, 6) is 0.665. The number of hydrogen-bond donors (Lipinski definition) is 0.